The number of amides is 1. The van der Waals surface area contributed by atoms with Crippen molar-refractivity contribution in [2.45, 2.75) is 18.9 Å². The first-order valence-corrected chi connectivity index (χ1v) is 10.3. The highest BCUT2D eigenvalue weighted by Gasteiger charge is 2.36. The number of piperidine rings is 1. The molecule has 3 aromatic rings. The summed E-state index contributed by atoms with van der Waals surface area (Å²) in [5.74, 6) is 0.572. The van der Waals surface area contributed by atoms with Gasteiger partial charge in [-0.1, -0.05) is 41.9 Å². The third-order valence-electron chi connectivity index (χ3n) is 6.07. The number of hydrogen-bond donors (Lipinski definition) is 0. The van der Waals surface area contributed by atoms with E-state index in [0.717, 1.165) is 23.2 Å². The number of carbonyl (C=O) groups excluding carboxylic acids is 1. The predicted octanol–water partition coefficient (Wildman–Crippen LogP) is 4.43. The molecule has 0 radical (unpaired) electrons. The highest BCUT2D eigenvalue weighted by molar-refractivity contribution is 6.30. The lowest BCUT2D eigenvalue weighted by atomic mass is 9.82. The van der Waals surface area contributed by atoms with Crippen LogP contribution < -0.4 is 5.56 Å². The zero-order chi connectivity index (χ0) is 20.0. The van der Waals surface area contributed by atoms with E-state index in [1.807, 2.05) is 70.1 Å². The maximum absolute atomic E-state index is 13.2. The normalized spacial score (nSPS) is 20.2. The molecule has 2 aliphatic rings. The monoisotopic (exact) mass is 404 g/mol. The van der Waals surface area contributed by atoms with Gasteiger partial charge in [0.05, 0.1) is 0 Å². The van der Waals surface area contributed by atoms with Gasteiger partial charge in [-0.2, -0.15) is 0 Å². The Hall–Kier alpha value is -2.85. The molecule has 1 amide bonds. The van der Waals surface area contributed by atoms with Gasteiger partial charge >= 0.3 is 0 Å². The van der Waals surface area contributed by atoms with Gasteiger partial charge in [0.2, 0.25) is 0 Å². The fourth-order valence-electron chi connectivity index (χ4n) is 4.72. The topological polar surface area (TPSA) is 42.3 Å². The first-order chi connectivity index (χ1) is 14.1. The summed E-state index contributed by atoms with van der Waals surface area (Å²) in [5.41, 5.74) is 3.38. The number of carbonyl (C=O) groups is 1. The maximum Gasteiger partial charge on any atom is 0.258 e. The molecule has 5 heteroatoms. The molecule has 4 nitrogen and oxygen atoms in total. The predicted molar refractivity (Wildman–Crippen MR) is 114 cm³/mol. The Morgan fingerprint density at radius 2 is 1.66 bits per heavy atom. The van der Waals surface area contributed by atoms with E-state index in [4.69, 9.17) is 11.6 Å². The fourth-order valence-corrected chi connectivity index (χ4v) is 4.85. The van der Waals surface area contributed by atoms with E-state index in [1.165, 1.54) is 0 Å². The third-order valence-corrected chi connectivity index (χ3v) is 6.32. The van der Waals surface area contributed by atoms with E-state index < -0.39 is 0 Å². The Balaban J connectivity index is 1.46. The Kier molecular flexibility index (Phi) is 4.51. The molecule has 2 aliphatic heterocycles. The summed E-state index contributed by atoms with van der Waals surface area (Å²) < 4.78 is 1.92. The van der Waals surface area contributed by atoms with E-state index in [2.05, 4.69) is 6.07 Å². The number of rotatable bonds is 2. The van der Waals surface area contributed by atoms with Gasteiger partial charge in [0.15, 0.2) is 0 Å². The minimum Gasteiger partial charge on any atom is -0.338 e. The molecular weight excluding hydrogens is 384 g/mol. The SMILES string of the molecule is O=C(c1ccccc1)N1CC2CC(C1)c1ccc(-c3ccc(Cl)cc3)c(=O)n1C2. The molecule has 2 aromatic carbocycles. The van der Waals surface area contributed by atoms with Crippen LogP contribution >= 0.6 is 11.6 Å². The van der Waals surface area contributed by atoms with Crippen molar-refractivity contribution in [3.63, 3.8) is 0 Å². The van der Waals surface area contributed by atoms with Gasteiger partial charge in [-0.3, -0.25) is 9.59 Å². The third kappa shape index (κ3) is 3.28. The molecule has 1 saturated heterocycles. The van der Waals surface area contributed by atoms with Crippen molar-refractivity contribution in [3.05, 3.63) is 93.4 Å². The number of aromatic nitrogens is 1. The van der Waals surface area contributed by atoms with Crippen molar-refractivity contribution in [2.24, 2.45) is 5.92 Å². The number of hydrogen-bond acceptors (Lipinski definition) is 2. The average Bonchev–Trinajstić information content (AvgIpc) is 2.75. The molecule has 3 heterocycles. The molecule has 0 saturated carbocycles. The summed E-state index contributed by atoms with van der Waals surface area (Å²) in [7, 11) is 0. The Labute approximate surface area is 174 Å². The van der Waals surface area contributed by atoms with E-state index in [-0.39, 0.29) is 17.4 Å². The number of halogens is 1. The van der Waals surface area contributed by atoms with Gasteiger partial charge in [0, 0.05) is 47.4 Å². The zero-order valence-electron chi connectivity index (χ0n) is 15.9. The molecule has 1 aromatic heterocycles. The standard InChI is InChI=1S/C24H21ClN2O2/c25-20-8-6-17(7-9-20)21-10-11-22-19-12-16(14-27(22)24(21)29)13-26(15-19)23(28)18-4-2-1-3-5-18/h1-11,16,19H,12-15H2. The lowest BCUT2D eigenvalue weighted by Crippen LogP contribution is -2.49. The molecule has 2 unspecified atom stereocenters. The van der Waals surface area contributed by atoms with Crippen LogP contribution in [0.2, 0.25) is 5.02 Å². The van der Waals surface area contributed by atoms with Crippen LogP contribution in [0.3, 0.4) is 0 Å². The van der Waals surface area contributed by atoms with Gasteiger partial charge in [-0.05, 0) is 54.3 Å². The number of likely N-dealkylation sites (tertiary alicyclic amines) is 1. The fraction of sp³-hybridized carbons (Fsp3) is 0.250. The molecule has 2 atom stereocenters. The van der Waals surface area contributed by atoms with Crippen LogP contribution in [0, 0.1) is 5.92 Å². The maximum atomic E-state index is 13.2. The second-order valence-corrected chi connectivity index (χ2v) is 8.41. The highest BCUT2D eigenvalue weighted by Crippen LogP contribution is 2.36. The quantitative estimate of drug-likeness (QED) is 0.634. The minimum absolute atomic E-state index is 0.0439. The summed E-state index contributed by atoms with van der Waals surface area (Å²) >= 11 is 5.99. The van der Waals surface area contributed by atoms with Crippen LogP contribution in [0.1, 0.15) is 28.4 Å². The highest BCUT2D eigenvalue weighted by atomic mass is 35.5. The van der Waals surface area contributed by atoms with Crippen LogP contribution in [0.4, 0.5) is 0 Å². The van der Waals surface area contributed by atoms with Crippen LogP contribution in [-0.2, 0) is 6.54 Å². The van der Waals surface area contributed by atoms with Crippen LogP contribution in [0.5, 0.6) is 0 Å². The van der Waals surface area contributed by atoms with E-state index in [1.54, 1.807) is 0 Å². The van der Waals surface area contributed by atoms with Crippen molar-refractivity contribution in [1.82, 2.24) is 9.47 Å². The molecule has 1 fully saturated rings. The zero-order valence-corrected chi connectivity index (χ0v) is 16.7. The van der Waals surface area contributed by atoms with E-state index >= 15 is 0 Å². The van der Waals surface area contributed by atoms with Gasteiger partial charge in [0.1, 0.15) is 0 Å². The van der Waals surface area contributed by atoms with Crippen LogP contribution in [0.25, 0.3) is 11.1 Å². The van der Waals surface area contributed by atoms with Crippen molar-refractivity contribution < 1.29 is 4.79 Å². The second-order valence-electron chi connectivity index (χ2n) is 7.97. The average molecular weight is 405 g/mol. The number of benzene rings is 2. The molecule has 5 rings (SSSR count). The first-order valence-electron chi connectivity index (χ1n) is 9.94. The van der Waals surface area contributed by atoms with Gasteiger partial charge in [-0.15, -0.1) is 0 Å². The van der Waals surface area contributed by atoms with E-state index in [9.17, 15) is 9.59 Å². The van der Waals surface area contributed by atoms with Crippen molar-refractivity contribution in [3.8, 4) is 11.1 Å². The van der Waals surface area contributed by atoms with Gasteiger partial charge in [-0.25, -0.2) is 0 Å². The van der Waals surface area contributed by atoms with Crippen molar-refractivity contribution in [2.75, 3.05) is 13.1 Å². The molecule has 29 heavy (non-hydrogen) atoms. The molecule has 2 bridgehead atoms. The molecule has 146 valence electrons. The van der Waals surface area contributed by atoms with Crippen molar-refractivity contribution in [1.29, 1.82) is 0 Å². The Morgan fingerprint density at radius 3 is 2.41 bits per heavy atom. The largest absolute Gasteiger partial charge is 0.338 e. The molecule has 0 N–H and O–H groups in total. The second kappa shape index (κ2) is 7.20. The summed E-state index contributed by atoms with van der Waals surface area (Å²) in [6.07, 6.45) is 1.03. The Bertz CT molecular complexity index is 1120. The van der Waals surface area contributed by atoms with Gasteiger partial charge in [0.25, 0.3) is 11.5 Å². The van der Waals surface area contributed by atoms with Gasteiger partial charge < -0.3 is 9.47 Å². The number of nitrogens with zero attached hydrogens (tertiary/aromatic N) is 2. The summed E-state index contributed by atoms with van der Waals surface area (Å²) in [6, 6.07) is 20.8. The minimum atomic E-state index is 0.0439. The summed E-state index contributed by atoms with van der Waals surface area (Å²) in [4.78, 5) is 28.1. The van der Waals surface area contributed by atoms with Crippen molar-refractivity contribution >= 4 is 17.5 Å². The first kappa shape index (κ1) is 18.2. The summed E-state index contributed by atoms with van der Waals surface area (Å²) in [6.45, 7) is 2.01. The smallest absolute Gasteiger partial charge is 0.258 e. The molecule has 0 spiro atoms. The van der Waals surface area contributed by atoms with E-state index in [0.29, 0.717) is 36.1 Å². The lowest BCUT2D eigenvalue weighted by molar-refractivity contribution is 0.0594. The Morgan fingerprint density at radius 1 is 0.897 bits per heavy atom. The number of fused-ring (bicyclic) bond motifs is 4. The van der Waals surface area contributed by atoms with Crippen LogP contribution in [-0.4, -0.2) is 28.5 Å². The summed E-state index contributed by atoms with van der Waals surface area (Å²) in [5, 5.41) is 0.657. The molecular formula is C24H21ClN2O2. The van der Waals surface area contributed by atoms with Crippen LogP contribution in [0.15, 0.2) is 71.5 Å². The lowest BCUT2D eigenvalue weighted by Gasteiger charge is -2.43. The molecule has 0 aliphatic carbocycles. The number of pyridine rings is 1.